The zero-order chi connectivity index (χ0) is 23.2. The van der Waals surface area contributed by atoms with Gasteiger partial charge in [0, 0.05) is 41.3 Å². The molecule has 2 aromatic heterocycles. The number of carbonyl (C=O) groups is 2. The summed E-state index contributed by atoms with van der Waals surface area (Å²) in [6.45, 7) is 2.98. The fraction of sp³-hybridized carbons (Fsp3) is 0.250. The summed E-state index contributed by atoms with van der Waals surface area (Å²) in [5.74, 6) is 0.474. The average Bonchev–Trinajstić information content (AvgIpc) is 3.21. The van der Waals surface area contributed by atoms with E-state index in [4.69, 9.17) is 9.47 Å². The van der Waals surface area contributed by atoms with E-state index in [1.165, 1.54) is 11.3 Å². The summed E-state index contributed by atoms with van der Waals surface area (Å²) in [6, 6.07) is 10.9. The molecule has 0 saturated carbocycles. The van der Waals surface area contributed by atoms with Crippen LogP contribution in [0.15, 0.2) is 53.8 Å². The van der Waals surface area contributed by atoms with E-state index >= 15 is 0 Å². The Labute approximate surface area is 195 Å². The zero-order valence-electron chi connectivity index (χ0n) is 18.4. The Morgan fingerprint density at radius 1 is 1.27 bits per heavy atom. The Kier molecular flexibility index (Phi) is 6.99. The van der Waals surface area contributed by atoms with Crippen molar-refractivity contribution in [3.8, 4) is 5.75 Å². The Morgan fingerprint density at radius 2 is 2.09 bits per heavy atom. The summed E-state index contributed by atoms with van der Waals surface area (Å²) >= 11 is 1.42. The highest BCUT2D eigenvalue weighted by molar-refractivity contribution is 7.16. The number of methoxy groups -OCH3 is 1. The van der Waals surface area contributed by atoms with Crippen LogP contribution in [0.4, 0.5) is 15.5 Å². The van der Waals surface area contributed by atoms with Gasteiger partial charge in [0.2, 0.25) is 0 Å². The third-order valence-corrected chi connectivity index (χ3v) is 6.28. The molecule has 0 spiro atoms. The maximum Gasteiger partial charge on any atom is 0.410 e. The third-order valence-electron chi connectivity index (χ3n) is 5.15. The largest absolute Gasteiger partial charge is 0.497 e. The third kappa shape index (κ3) is 5.20. The van der Waals surface area contributed by atoms with Gasteiger partial charge in [0.15, 0.2) is 0 Å². The first-order valence-electron chi connectivity index (χ1n) is 10.5. The molecule has 0 unspecified atom stereocenters. The van der Waals surface area contributed by atoms with Crippen molar-refractivity contribution < 1.29 is 19.1 Å². The number of aliphatic imine (C=N–C) groups is 1. The number of nitrogens with one attached hydrogen (secondary N) is 1. The van der Waals surface area contributed by atoms with Gasteiger partial charge in [-0.3, -0.25) is 9.78 Å². The van der Waals surface area contributed by atoms with E-state index in [9.17, 15) is 9.59 Å². The highest BCUT2D eigenvalue weighted by Gasteiger charge is 2.30. The summed E-state index contributed by atoms with van der Waals surface area (Å²) in [6.07, 6.45) is 5.30. The number of fused-ring (bicyclic) bond motifs is 1. The van der Waals surface area contributed by atoms with Crippen LogP contribution in [-0.4, -0.2) is 48.4 Å². The monoisotopic (exact) mass is 464 g/mol. The first kappa shape index (κ1) is 22.5. The van der Waals surface area contributed by atoms with Gasteiger partial charge in [-0.25, -0.2) is 9.79 Å². The van der Waals surface area contributed by atoms with E-state index in [0.29, 0.717) is 48.1 Å². The summed E-state index contributed by atoms with van der Waals surface area (Å²) in [4.78, 5) is 36.9. The lowest BCUT2D eigenvalue weighted by atomic mass is 10.0. The van der Waals surface area contributed by atoms with Crippen LogP contribution in [0.2, 0.25) is 0 Å². The second kappa shape index (κ2) is 10.3. The minimum atomic E-state index is -0.346. The lowest BCUT2D eigenvalue weighted by Crippen LogP contribution is -2.36. The molecule has 0 bridgehead atoms. The van der Waals surface area contributed by atoms with Gasteiger partial charge in [-0.2, -0.15) is 0 Å². The van der Waals surface area contributed by atoms with Crippen molar-refractivity contribution >= 4 is 40.2 Å². The molecule has 170 valence electrons. The fourth-order valence-corrected chi connectivity index (χ4v) is 4.74. The molecular formula is C24H24N4O4S. The first-order chi connectivity index (χ1) is 16.1. The van der Waals surface area contributed by atoms with Crippen LogP contribution in [0, 0.1) is 0 Å². The SMILES string of the molecule is CCOC(=O)N1CCc2c(sc(/N=C/c3cccnc3)c2C(=O)Nc2ccc(OC)cc2)C1. The molecule has 2 amide bonds. The van der Waals surface area contributed by atoms with Crippen LogP contribution in [0.5, 0.6) is 5.75 Å². The number of aromatic nitrogens is 1. The van der Waals surface area contributed by atoms with E-state index < -0.39 is 0 Å². The molecule has 3 heterocycles. The van der Waals surface area contributed by atoms with Crippen LogP contribution in [0.3, 0.4) is 0 Å². The quantitative estimate of drug-likeness (QED) is 0.535. The molecule has 0 aliphatic carbocycles. The maximum atomic E-state index is 13.3. The minimum Gasteiger partial charge on any atom is -0.497 e. The molecule has 0 fully saturated rings. The molecule has 33 heavy (non-hydrogen) atoms. The number of thiophene rings is 1. The Morgan fingerprint density at radius 3 is 2.79 bits per heavy atom. The van der Waals surface area contributed by atoms with Crippen molar-refractivity contribution in [2.24, 2.45) is 4.99 Å². The van der Waals surface area contributed by atoms with Gasteiger partial charge in [0.25, 0.3) is 5.91 Å². The second-order valence-electron chi connectivity index (χ2n) is 7.28. The van der Waals surface area contributed by atoms with Gasteiger partial charge < -0.3 is 19.7 Å². The van der Waals surface area contributed by atoms with Gasteiger partial charge in [0.05, 0.1) is 25.8 Å². The van der Waals surface area contributed by atoms with Crippen molar-refractivity contribution in [2.45, 2.75) is 19.9 Å². The Hall–Kier alpha value is -3.72. The smallest absolute Gasteiger partial charge is 0.410 e. The van der Waals surface area contributed by atoms with Crippen LogP contribution >= 0.6 is 11.3 Å². The molecule has 3 aromatic rings. The van der Waals surface area contributed by atoms with Gasteiger partial charge >= 0.3 is 6.09 Å². The maximum absolute atomic E-state index is 13.3. The number of amides is 2. The number of anilines is 1. The molecule has 1 aromatic carbocycles. The average molecular weight is 465 g/mol. The van der Waals surface area contributed by atoms with Crippen LogP contribution in [0.1, 0.15) is 33.3 Å². The highest BCUT2D eigenvalue weighted by atomic mass is 32.1. The molecule has 0 saturated heterocycles. The topological polar surface area (TPSA) is 93.1 Å². The van der Waals surface area contributed by atoms with Crippen molar-refractivity contribution in [1.82, 2.24) is 9.88 Å². The second-order valence-corrected chi connectivity index (χ2v) is 8.37. The van der Waals surface area contributed by atoms with Crippen LogP contribution < -0.4 is 10.1 Å². The minimum absolute atomic E-state index is 0.236. The normalized spacial score (nSPS) is 13.0. The van der Waals surface area contributed by atoms with E-state index in [2.05, 4.69) is 15.3 Å². The molecule has 1 aliphatic heterocycles. The number of hydrogen-bond acceptors (Lipinski definition) is 7. The van der Waals surface area contributed by atoms with E-state index in [1.54, 1.807) is 61.8 Å². The van der Waals surface area contributed by atoms with E-state index in [-0.39, 0.29) is 12.0 Å². The van der Waals surface area contributed by atoms with Crippen molar-refractivity contribution in [3.05, 3.63) is 70.4 Å². The number of ether oxygens (including phenoxy) is 2. The van der Waals surface area contributed by atoms with E-state index in [0.717, 1.165) is 16.0 Å². The van der Waals surface area contributed by atoms with Crippen LogP contribution in [0.25, 0.3) is 0 Å². The summed E-state index contributed by atoms with van der Waals surface area (Å²) < 4.78 is 10.3. The number of benzene rings is 1. The van der Waals surface area contributed by atoms with Crippen molar-refractivity contribution in [2.75, 3.05) is 25.6 Å². The lowest BCUT2D eigenvalue weighted by molar-refractivity contribution is 0.102. The van der Waals surface area contributed by atoms with Gasteiger partial charge in [-0.15, -0.1) is 11.3 Å². The molecule has 1 N–H and O–H groups in total. The molecular weight excluding hydrogens is 440 g/mol. The number of rotatable bonds is 6. The lowest BCUT2D eigenvalue weighted by Gasteiger charge is -2.26. The predicted molar refractivity (Wildman–Crippen MR) is 128 cm³/mol. The van der Waals surface area contributed by atoms with Crippen LogP contribution in [-0.2, 0) is 17.7 Å². The highest BCUT2D eigenvalue weighted by Crippen LogP contribution is 2.39. The fourth-order valence-electron chi connectivity index (χ4n) is 3.54. The first-order valence-corrected chi connectivity index (χ1v) is 11.4. The number of carbonyl (C=O) groups excluding carboxylic acids is 2. The van der Waals surface area contributed by atoms with Gasteiger partial charge in [-0.05, 0) is 49.2 Å². The molecule has 9 heteroatoms. The molecule has 0 atom stereocenters. The Bertz CT molecular complexity index is 1160. The number of hydrogen-bond donors (Lipinski definition) is 1. The number of pyridine rings is 1. The molecule has 4 rings (SSSR count). The van der Waals surface area contributed by atoms with Crippen molar-refractivity contribution in [1.29, 1.82) is 0 Å². The molecule has 1 aliphatic rings. The number of nitrogens with zero attached hydrogens (tertiary/aromatic N) is 3. The molecule has 8 nitrogen and oxygen atoms in total. The van der Waals surface area contributed by atoms with Gasteiger partial charge in [-0.1, -0.05) is 6.07 Å². The summed E-state index contributed by atoms with van der Waals surface area (Å²) in [7, 11) is 1.59. The summed E-state index contributed by atoms with van der Waals surface area (Å²) in [5, 5.41) is 3.56. The van der Waals surface area contributed by atoms with Gasteiger partial charge in [0.1, 0.15) is 10.8 Å². The Balaban J connectivity index is 1.65. The predicted octanol–water partition coefficient (Wildman–Crippen LogP) is 4.67. The summed E-state index contributed by atoms with van der Waals surface area (Å²) in [5.41, 5.74) is 2.95. The van der Waals surface area contributed by atoms with E-state index in [1.807, 2.05) is 12.1 Å². The van der Waals surface area contributed by atoms with Crippen molar-refractivity contribution in [3.63, 3.8) is 0 Å². The standard InChI is InChI=1S/C24H24N4O4S/c1-3-32-24(30)28-12-10-19-20(15-28)33-23(26-14-16-5-4-11-25-13-16)21(19)22(29)27-17-6-8-18(31-2)9-7-17/h4-9,11,13-14H,3,10,12,15H2,1-2H3,(H,27,29)/b26-14+. The molecule has 0 radical (unpaired) electrons. The zero-order valence-corrected chi connectivity index (χ0v) is 19.2.